The maximum Gasteiger partial charge on any atom is 0.315 e. The molecule has 6 heteroatoms. The van der Waals surface area contributed by atoms with E-state index in [-0.39, 0.29) is 24.8 Å². The smallest absolute Gasteiger partial charge is 0.315 e. The zero-order valence-corrected chi connectivity index (χ0v) is 14.2. The van der Waals surface area contributed by atoms with E-state index in [1.54, 1.807) is 0 Å². The van der Waals surface area contributed by atoms with E-state index < -0.39 is 0 Å². The number of aliphatic hydroxyl groups excluding tert-OH is 1. The highest BCUT2D eigenvalue weighted by Gasteiger charge is 2.37. The number of aryl methyl sites for hydroxylation is 1. The quantitative estimate of drug-likeness (QED) is 0.752. The molecule has 3 N–H and O–H groups in total. The molecule has 0 saturated carbocycles. The average Bonchev–Trinajstić information content (AvgIpc) is 2.95. The van der Waals surface area contributed by atoms with Crippen molar-refractivity contribution < 1.29 is 14.6 Å². The number of carbonyl (C=O) groups is 1. The van der Waals surface area contributed by atoms with E-state index in [0.717, 1.165) is 25.1 Å². The molecule has 0 aromatic heterocycles. The molecule has 3 atom stereocenters. The first-order valence-electron chi connectivity index (χ1n) is 8.70. The van der Waals surface area contributed by atoms with Crippen LogP contribution in [0.2, 0.25) is 0 Å². The van der Waals surface area contributed by atoms with E-state index in [1.165, 1.54) is 5.56 Å². The van der Waals surface area contributed by atoms with E-state index in [1.807, 2.05) is 25.1 Å². The van der Waals surface area contributed by atoms with Crippen LogP contribution in [0.4, 0.5) is 4.79 Å². The van der Waals surface area contributed by atoms with Crippen LogP contribution in [0.15, 0.2) is 24.3 Å². The van der Waals surface area contributed by atoms with Gasteiger partial charge in [0.2, 0.25) is 0 Å². The molecule has 1 aromatic rings. The summed E-state index contributed by atoms with van der Waals surface area (Å²) in [5.74, 6) is 0. The third-order valence-corrected chi connectivity index (χ3v) is 4.81. The van der Waals surface area contributed by atoms with E-state index >= 15 is 0 Å². The number of aliphatic hydroxyl groups is 1. The first kappa shape index (κ1) is 17.2. The van der Waals surface area contributed by atoms with Gasteiger partial charge in [0.15, 0.2) is 0 Å². The van der Waals surface area contributed by atoms with Crippen LogP contribution in [0.3, 0.4) is 0 Å². The molecule has 0 aliphatic carbocycles. The Morgan fingerprint density at radius 3 is 3.08 bits per heavy atom. The Morgan fingerprint density at radius 2 is 2.29 bits per heavy atom. The number of rotatable bonds is 5. The molecule has 2 saturated heterocycles. The molecule has 1 aromatic carbocycles. The number of urea groups is 1. The molecule has 0 bridgehead atoms. The Hall–Kier alpha value is -1.63. The number of ether oxygens (including phenoxy) is 1. The number of hydrogen-bond donors (Lipinski definition) is 3. The van der Waals surface area contributed by atoms with Gasteiger partial charge in [-0.05, 0) is 25.3 Å². The fourth-order valence-corrected chi connectivity index (χ4v) is 3.61. The number of nitrogens with zero attached hydrogens (tertiary/aromatic N) is 1. The lowest BCUT2D eigenvalue weighted by atomic mass is 10.1. The van der Waals surface area contributed by atoms with Crippen molar-refractivity contribution in [3.63, 3.8) is 0 Å². The van der Waals surface area contributed by atoms with Gasteiger partial charge in [-0.2, -0.15) is 0 Å². The van der Waals surface area contributed by atoms with Gasteiger partial charge in [0.05, 0.1) is 12.7 Å². The predicted octanol–water partition coefficient (Wildman–Crippen LogP) is 1.02. The van der Waals surface area contributed by atoms with E-state index in [2.05, 4.69) is 21.6 Å². The number of amides is 2. The molecule has 2 aliphatic rings. The number of morpholine rings is 1. The minimum atomic E-state index is -0.117. The van der Waals surface area contributed by atoms with Gasteiger partial charge in [-0.15, -0.1) is 0 Å². The number of nitrogens with one attached hydrogen (secondary N) is 2. The van der Waals surface area contributed by atoms with Crippen LogP contribution in [0.25, 0.3) is 0 Å². The summed E-state index contributed by atoms with van der Waals surface area (Å²) in [5.41, 5.74) is 2.30. The Balaban J connectivity index is 1.43. The molecule has 0 spiro atoms. The highest BCUT2D eigenvalue weighted by molar-refractivity contribution is 5.74. The summed E-state index contributed by atoms with van der Waals surface area (Å²) in [6, 6.07) is 8.56. The van der Waals surface area contributed by atoms with Gasteiger partial charge in [-0.25, -0.2) is 4.79 Å². The van der Waals surface area contributed by atoms with Crippen LogP contribution >= 0.6 is 0 Å². The van der Waals surface area contributed by atoms with E-state index in [9.17, 15) is 4.79 Å². The highest BCUT2D eigenvalue weighted by Crippen LogP contribution is 2.24. The highest BCUT2D eigenvalue weighted by atomic mass is 16.5. The van der Waals surface area contributed by atoms with Crippen molar-refractivity contribution in [2.45, 2.75) is 44.5 Å². The second kappa shape index (κ2) is 7.96. The predicted molar refractivity (Wildman–Crippen MR) is 91.8 cm³/mol. The summed E-state index contributed by atoms with van der Waals surface area (Å²) in [4.78, 5) is 14.5. The van der Waals surface area contributed by atoms with Crippen LogP contribution in [0.1, 0.15) is 24.0 Å². The molecule has 2 fully saturated rings. The van der Waals surface area contributed by atoms with Crippen LogP contribution in [-0.2, 0) is 11.3 Å². The molecular weight excluding hydrogens is 306 g/mol. The summed E-state index contributed by atoms with van der Waals surface area (Å²) >= 11 is 0. The minimum absolute atomic E-state index is 0.111. The molecular formula is C18H27N3O3. The Kier molecular flexibility index (Phi) is 5.71. The minimum Gasteiger partial charge on any atom is -0.396 e. The third kappa shape index (κ3) is 4.47. The van der Waals surface area contributed by atoms with Crippen molar-refractivity contribution in [1.29, 1.82) is 0 Å². The van der Waals surface area contributed by atoms with Crippen molar-refractivity contribution in [3.05, 3.63) is 35.4 Å². The Morgan fingerprint density at radius 1 is 1.42 bits per heavy atom. The third-order valence-electron chi connectivity index (χ3n) is 4.81. The molecule has 2 aliphatic heterocycles. The zero-order valence-electron chi connectivity index (χ0n) is 14.2. The largest absolute Gasteiger partial charge is 0.396 e. The van der Waals surface area contributed by atoms with Crippen LogP contribution < -0.4 is 10.6 Å². The first-order chi connectivity index (χ1) is 11.6. The van der Waals surface area contributed by atoms with Crippen molar-refractivity contribution in [2.75, 3.05) is 26.3 Å². The molecule has 3 rings (SSSR count). The maximum absolute atomic E-state index is 12.1. The van der Waals surface area contributed by atoms with Gasteiger partial charge in [0.1, 0.15) is 0 Å². The molecule has 24 heavy (non-hydrogen) atoms. The van der Waals surface area contributed by atoms with Crippen molar-refractivity contribution in [2.24, 2.45) is 0 Å². The van der Waals surface area contributed by atoms with Gasteiger partial charge in [-0.1, -0.05) is 29.8 Å². The fourth-order valence-electron chi connectivity index (χ4n) is 3.61. The lowest BCUT2D eigenvalue weighted by Crippen LogP contribution is -2.47. The number of fused-ring (bicyclic) bond motifs is 1. The SMILES string of the molecule is Cc1cccc(CNC(=O)N[C@H]2C[C@H]3CO[C@@H](CCO)CN3C2)c1. The molecule has 0 unspecified atom stereocenters. The summed E-state index contributed by atoms with van der Waals surface area (Å²) in [5, 5.41) is 15.0. The van der Waals surface area contributed by atoms with Crippen LogP contribution in [0, 0.1) is 6.92 Å². The zero-order chi connectivity index (χ0) is 16.9. The second-order valence-corrected chi connectivity index (χ2v) is 6.82. The fraction of sp³-hybridized carbons (Fsp3) is 0.611. The maximum atomic E-state index is 12.1. The Bertz CT molecular complexity index is 566. The van der Waals surface area contributed by atoms with E-state index in [0.29, 0.717) is 25.6 Å². The number of carbonyl (C=O) groups excluding carboxylic acids is 1. The van der Waals surface area contributed by atoms with Gasteiger partial charge >= 0.3 is 6.03 Å². The van der Waals surface area contributed by atoms with Gasteiger partial charge in [0.25, 0.3) is 0 Å². The van der Waals surface area contributed by atoms with Gasteiger partial charge in [-0.3, -0.25) is 4.90 Å². The lowest BCUT2D eigenvalue weighted by molar-refractivity contribution is -0.0566. The van der Waals surface area contributed by atoms with Gasteiger partial charge < -0.3 is 20.5 Å². The summed E-state index contributed by atoms with van der Waals surface area (Å²) < 4.78 is 5.77. The molecule has 2 amide bonds. The Labute approximate surface area is 143 Å². The first-order valence-corrected chi connectivity index (χ1v) is 8.70. The van der Waals surface area contributed by atoms with Gasteiger partial charge in [0, 0.05) is 38.3 Å². The van der Waals surface area contributed by atoms with Crippen LogP contribution in [-0.4, -0.2) is 60.5 Å². The number of benzene rings is 1. The second-order valence-electron chi connectivity index (χ2n) is 6.82. The number of hydrogen-bond acceptors (Lipinski definition) is 4. The summed E-state index contributed by atoms with van der Waals surface area (Å²) in [6.07, 6.45) is 1.71. The van der Waals surface area contributed by atoms with Crippen molar-refractivity contribution >= 4 is 6.03 Å². The standard InChI is InChI=1S/C18H27N3O3/c1-13-3-2-4-14(7-13)9-19-18(23)20-15-8-16-12-24-17(5-6-22)11-21(16)10-15/h2-4,7,15-17,22H,5-6,8-12H2,1H3,(H2,19,20,23)/t15-,16-,17-/m0/s1. The topological polar surface area (TPSA) is 73.8 Å². The lowest BCUT2D eigenvalue weighted by Gasteiger charge is -2.34. The van der Waals surface area contributed by atoms with Crippen molar-refractivity contribution in [3.8, 4) is 0 Å². The molecule has 132 valence electrons. The average molecular weight is 333 g/mol. The van der Waals surface area contributed by atoms with E-state index in [4.69, 9.17) is 9.84 Å². The molecule has 2 heterocycles. The molecule has 0 radical (unpaired) electrons. The monoisotopic (exact) mass is 333 g/mol. The summed E-state index contributed by atoms with van der Waals surface area (Å²) in [7, 11) is 0. The summed E-state index contributed by atoms with van der Waals surface area (Å²) in [6.45, 7) is 5.13. The normalized spacial score (nSPS) is 26.8. The molecule has 6 nitrogen and oxygen atoms in total. The van der Waals surface area contributed by atoms with Crippen LogP contribution in [0.5, 0.6) is 0 Å². The van der Waals surface area contributed by atoms with Crippen molar-refractivity contribution in [1.82, 2.24) is 15.5 Å².